The topological polar surface area (TPSA) is 89.5 Å². The van der Waals surface area contributed by atoms with Crippen molar-refractivity contribution in [1.82, 2.24) is 9.79 Å². The van der Waals surface area contributed by atoms with Gasteiger partial charge in [0, 0.05) is 23.1 Å². The first-order chi connectivity index (χ1) is 14.3. The summed E-state index contributed by atoms with van der Waals surface area (Å²) in [6.45, 7) is 0.0521. The van der Waals surface area contributed by atoms with E-state index in [1.165, 1.54) is 58.3 Å². The molecular formula is C21H17BrFN2NaO4S. The maximum atomic E-state index is 13.3. The zero-order valence-corrected chi connectivity index (χ0v) is 21.0. The van der Waals surface area contributed by atoms with Gasteiger partial charge < -0.3 is 10.7 Å². The molecule has 3 aromatic rings. The first-order valence-electron chi connectivity index (χ1n) is 8.81. The Morgan fingerprint density at radius 3 is 1.87 bits per heavy atom. The number of nitrogens with zero attached hydrogens (tertiary/aromatic N) is 1. The predicted octanol–water partition coefficient (Wildman–Crippen LogP) is 1.21. The van der Waals surface area contributed by atoms with E-state index in [1.54, 1.807) is 24.3 Å². The molecule has 3 rings (SSSR count). The molecule has 10 heteroatoms. The van der Waals surface area contributed by atoms with Crippen LogP contribution in [0.5, 0.6) is 0 Å². The first kappa shape index (κ1) is 25.7. The van der Waals surface area contributed by atoms with Crippen molar-refractivity contribution in [1.29, 1.82) is 0 Å². The standard InChI is InChI=1S/C21H17BrFN2O4S.Na/c22-18-7-11-20(12-8-18)30(28,29)25(14-16-3-9-19(23)10-4-16)13-15-1-5-17(6-2-15)21(26)24-27;/h1-12H,13-14H2,(H-,24,26,27);/q-1;+1. The molecule has 31 heavy (non-hydrogen) atoms. The number of hydrogen-bond acceptors (Lipinski definition) is 4. The minimum Gasteiger partial charge on any atom is -0.759 e. The molecule has 6 nitrogen and oxygen atoms in total. The van der Waals surface area contributed by atoms with Crippen molar-refractivity contribution in [2.24, 2.45) is 0 Å². The number of hydrogen-bond donors (Lipinski definition) is 1. The minimum atomic E-state index is -3.87. The number of carbonyl (C=O) groups is 1. The second-order valence-corrected chi connectivity index (χ2v) is 9.34. The van der Waals surface area contributed by atoms with Crippen molar-refractivity contribution in [3.63, 3.8) is 0 Å². The fourth-order valence-electron chi connectivity index (χ4n) is 2.80. The quantitative estimate of drug-likeness (QED) is 0.379. The number of sulfonamides is 1. The molecule has 1 amide bonds. The van der Waals surface area contributed by atoms with E-state index in [0.29, 0.717) is 11.1 Å². The summed E-state index contributed by atoms with van der Waals surface area (Å²) in [6, 6.07) is 17.9. The van der Waals surface area contributed by atoms with Crippen molar-refractivity contribution >= 4 is 31.9 Å². The average molecular weight is 515 g/mol. The van der Waals surface area contributed by atoms with E-state index in [9.17, 15) is 22.8 Å². The largest absolute Gasteiger partial charge is 1.00 e. The Bertz CT molecular complexity index is 1130. The van der Waals surface area contributed by atoms with E-state index in [1.807, 2.05) is 0 Å². The van der Waals surface area contributed by atoms with E-state index in [4.69, 9.17) is 0 Å². The summed E-state index contributed by atoms with van der Waals surface area (Å²) in [7, 11) is -3.87. The van der Waals surface area contributed by atoms with Gasteiger partial charge in [0.2, 0.25) is 15.9 Å². The molecule has 0 aliphatic carbocycles. The van der Waals surface area contributed by atoms with Gasteiger partial charge in [0.15, 0.2) is 0 Å². The molecule has 0 saturated heterocycles. The number of nitrogens with one attached hydrogen (secondary N) is 1. The summed E-state index contributed by atoms with van der Waals surface area (Å²) in [5.41, 5.74) is 2.72. The van der Waals surface area contributed by atoms with Gasteiger partial charge in [0.25, 0.3) is 0 Å². The van der Waals surface area contributed by atoms with Gasteiger partial charge in [0.05, 0.1) is 4.90 Å². The van der Waals surface area contributed by atoms with Crippen LogP contribution in [0, 0.1) is 11.0 Å². The summed E-state index contributed by atoms with van der Waals surface area (Å²) in [4.78, 5) is 11.5. The maximum Gasteiger partial charge on any atom is 1.00 e. The van der Waals surface area contributed by atoms with Crippen molar-refractivity contribution in [3.05, 3.63) is 105 Å². The van der Waals surface area contributed by atoms with Gasteiger partial charge in [-0.05, 0) is 59.7 Å². The van der Waals surface area contributed by atoms with Crippen LogP contribution < -0.4 is 35.0 Å². The van der Waals surface area contributed by atoms with Gasteiger partial charge in [-0.25, -0.2) is 12.8 Å². The molecule has 3 aromatic carbocycles. The van der Waals surface area contributed by atoms with Gasteiger partial charge in [-0.15, -0.1) is 0 Å². The Kier molecular flexibility index (Phi) is 9.38. The fourth-order valence-corrected chi connectivity index (χ4v) is 4.48. The van der Waals surface area contributed by atoms with Crippen LogP contribution in [-0.4, -0.2) is 18.6 Å². The van der Waals surface area contributed by atoms with Gasteiger partial charge in [0.1, 0.15) is 5.82 Å². The first-order valence-corrected chi connectivity index (χ1v) is 11.0. The van der Waals surface area contributed by atoms with Gasteiger partial charge in [-0.3, -0.25) is 4.79 Å². The number of carbonyl (C=O) groups excluding carboxylic acids is 1. The Labute approximate surface area is 210 Å². The molecule has 0 spiro atoms. The fraction of sp³-hybridized carbons (Fsp3) is 0.0952. The second-order valence-electron chi connectivity index (χ2n) is 6.48. The zero-order valence-electron chi connectivity index (χ0n) is 16.6. The van der Waals surface area contributed by atoms with E-state index in [0.717, 1.165) is 4.47 Å². The van der Waals surface area contributed by atoms with E-state index in [2.05, 4.69) is 15.9 Å². The summed E-state index contributed by atoms with van der Waals surface area (Å²) >= 11 is 3.29. The van der Waals surface area contributed by atoms with Crippen molar-refractivity contribution in [2.45, 2.75) is 18.0 Å². The van der Waals surface area contributed by atoms with Crippen LogP contribution in [0.15, 0.2) is 82.2 Å². The molecule has 1 N–H and O–H groups in total. The Morgan fingerprint density at radius 1 is 0.903 bits per heavy atom. The molecule has 0 radical (unpaired) electrons. The van der Waals surface area contributed by atoms with Crippen molar-refractivity contribution in [3.8, 4) is 0 Å². The Balaban J connectivity index is 0.00000341. The minimum absolute atomic E-state index is 0. The molecule has 0 bridgehead atoms. The van der Waals surface area contributed by atoms with Crippen LogP contribution >= 0.6 is 15.9 Å². The number of hydroxylamine groups is 1. The van der Waals surface area contributed by atoms with Crippen LogP contribution in [0.2, 0.25) is 0 Å². The molecule has 156 valence electrons. The second kappa shape index (κ2) is 11.3. The third kappa shape index (κ3) is 6.69. The van der Waals surface area contributed by atoms with Gasteiger partial charge in [-0.1, -0.05) is 40.2 Å². The molecule has 0 aliphatic rings. The van der Waals surface area contributed by atoms with Gasteiger partial charge in [-0.2, -0.15) is 4.31 Å². The van der Waals surface area contributed by atoms with E-state index >= 15 is 0 Å². The summed E-state index contributed by atoms with van der Waals surface area (Å²) in [5.74, 6) is -1.18. The van der Waals surface area contributed by atoms with Crippen LogP contribution in [0.25, 0.3) is 0 Å². The van der Waals surface area contributed by atoms with Crippen LogP contribution in [0.1, 0.15) is 21.5 Å². The van der Waals surface area contributed by atoms with Crippen molar-refractivity contribution < 1.29 is 47.2 Å². The Morgan fingerprint density at radius 2 is 1.39 bits per heavy atom. The third-order valence-electron chi connectivity index (χ3n) is 4.39. The smallest absolute Gasteiger partial charge is 0.759 e. The summed E-state index contributed by atoms with van der Waals surface area (Å²) in [6.07, 6.45) is 0. The van der Waals surface area contributed by atoms with Gasteiger partial charge >= 0.3 is 29.6 Å². The molecular weight excluding hydrogens is 498 g/mol. The molecule has 0 heterocycles. The predicted molar refractivity (Wildman–Crippen MR) is 114 cm³/mol. The monoisotopic (exact) mass is 514 g/mol. The van der Waals surface area contributed by atoms with E-state index in [-0.39, 0.29) is 53.1 Å². The average Bonchev–Trinajstić information content (AvgIpc) is 2.75. The maximum absolute atomic E-state index is 13.3. The summed E-state index contributed by atoms with van der Waals surface area (Å²) < 4.78 is 41.8. The molecule has 0 unspecified atom stereocenters. The third-order valence-corrected chi connectivity index (χ3v) is 6.73. The number of rotatable bonds is 7. The van der Waals surface area contributed by atoms with Crippen molar-refractivity contribution in [2.75, 3.05) is 0 Å². The summed E-state index contributed by atoms with van der Waals surface area (Å²) in [5, 5.41) is 10.5. The molecule has 0 aromatic heterocycles. The van der Waals surface area contributed by atoms with Crippen LogP contribution in [0.3, 0.4) is 0 Å². The number of amides is 1. The molecule has 0 fully saturated rings. The normalized spacial score (nSPS) is 11.1. The SMILES string of the molecule is O=C(N[O-])c1ccc(CN(Cc2ccc(F)cc2)S(=O)(=O)c2ccc(Br)cc2)cc1.[Na+]. The van der Waals surface area contributed by atoms with Crippen LogP contribution in [-0.2, 0) is 23.1 Å². The number of halogens is 2. The zero-order chi connectivity index (χ0) is 21.7. The Hall–Kier alpha value is -1.59. The molecule has 0 saturated carbocycles. The van der Waals surface area contributed by atoms with Crippen LogP contribution in [0.4, 0.5) is 4.39 Å². The van der Waals surface area contributed by atoms with E-state index < -0.39 is 21.7 Å². The number of benzene rings is 3. The molecule has 0 atom stereocenters. The molecule has 0 aliphatic heterocycles.